The lowest BCUT2D eigenvalue weighted by Gasteiger charge is -1.98. The Balaban J connectivity index is 2.82. The van der Waals surface area contributed by atoms with Gasteiger partial charge in [-0.2, -0.15) is 0 Å². The van der Waals surface area contributed by atoms with Crippen LogP contribution in [-0.4, -0.2) is 17.5 Å². The molecule has 0 bridgehead atoms. The summed E-state index contributed by atoms with van der Waals surface area (Å²) in [5, 5.41) is 8.64. The van der Waals surface area contributed by atoms with Crippen molar-refractivity contribution in [2.45, 2.75) is 13.0 Å². The molecule has 2 nitrogen and oxygen atoms in total. The van der Waals surface area contributed by atoms with Crippen LogP contribution in [0.15, 0.2) is 0 Å². The molecule has 0 saturated carbocycles. The summed E-state index contributed by atoms with van der Waals surface area (Å²) in [5.41, 5.74) is 0. The minimum atomic E-state index is -0.443. The summed E-state index contributed by atoms with van der Waals surface area (Å²) in [6.07, 6.45) is 6.38. The third-order valence-electron chi connectivity index (χ3n) is 0.690. The molecule has 0 spiro atoms. The van der Waals surface area contributed by atoms with E-state index in [-0.39, 0.29) is 0 Å². The highest BCUT2D eigenvalue weighted by Crippen LogP contribution is 1.96. The first-order chi connectivity index (χ1) is 4.27. The molecule has 0 fully saturated rings. The maximum atomic E-state index is 9.67. The predicted molar refractivity (Wildman–Crippen MR) is 34.9 cm³/mol. The van der Waals surface area contributed by atoms with E-state index in [2.05, 4.69) is 0 Å². The standard InChI is InChI=1S/C7H10O2/c1-7(9)5-3-2-4-6-8/h2-7,9H,1H3/t7-/m1/s1. The van der Waals surface area contributed by atoms with E-state index in [4.69, 9.17) is 5.11 Å². The Labute approximate surface area is 55.9 Å². The predicted octanol–water partition coefficient (Wildman–Crippen LogP) is 0.383. The van der Waals surface area contributed by atoms with Gasteiger partial charge in [0, 0.05) is 6.42 Å². The average Bonchev–Trinajstić information content (AvgIpc) is 1.80. The molecule has 1 atom stereocenters. The Morgan fingerprint density at radius 2 is 2.00 bits per heavy atom. The molecular weight excluding hydrogens is 116 g/mol. The van der Waals surface area contributed by atoms with E-state index in [1.807, 2.05) is 0 Å². The molecule has 0 aromatic heterocycles. The number of aliphatic hydroxyl groups is 1. The smallest absolute Gasteiger partial charge is 0.124 e. The first-order valence-corrected chi connectivity index (χ1v) is 2.74. The summed E-state index contributed by atoms with van der Waals surface area (Å²) < 4.78 is 0. The highest BCUT2D eigenvalue weighted by molar-refractivity contribution is 5.64. The topological polar surface area (TPSA) is 37.3 Å². The second-order valence-corrected chi connectivity index (χ2v) is 1.65. The summed E-state index contributed by atoms with van der Waals surface area (Å²) in [6, 6.07) is 0. The molecule has 0 rings (SSSR count). The van der Waals surface area contributed by atoms with Crippen molar-refractivity contribution in [2.75, 3.05) is 0 Å². The number of hydrogen-bond donors (Lipinski definition) is 1. The van der Waals surface area contributed by atoms with Crippen molar-refractivity contribution in [3.63, 3.8) is 0 Å². The van der Waals surface area contributed by atoms with Gasteiger partial charge < -0.3 is 9.90 Å². The second-order valence-electron chi connectivity index (χ2n) is 1.65. The highest BCUT2D eigenvalue weighted by atomic mass is 16.3. The largest absolute Gasteiger partial charge is 0.393 e. The van der Waals surface area contributed by atoms with Gasteiger partial charge in [0.05, 0.1) is 6.10 Å². The maximum absolute atomic E-state index is 9.67. The quantitative estimate of drug-likeness (QED) is 0.427. The van der Waals surface area contributed by atoms with Crippen molar-refractivity contribution >= 4 is 6.29 Å². The summed E-state index contributed by atoms with van der Waals surface area (Å²) >= 11 is 0. The Morgan fingerprint density at radius 1 is 1.33 bits per heavy atom. The molecule has 0 aromatic rings. The number of hydrogen-bond acceptors (Lipinski definition) is 2. The van der Waals surface area contributed by atoms with E-state index in [1.54, 1.807) is 26.2 Å². The van der Waals surface area contributed by atoms with Gasteiger partial charge in [0.1, 0.15) is 6.29 Å². The highest BCUT2D eigenvalue weighted by Gasteiger charge is 1.94. The summed E-state index contributed by atoms with van der Waals surface area (Å²) in [5.74, 6) is 0. The molecule has 0 unspecified atom stereocenters. The molecule has 9 heavy (non-hydrogen) atoms. The third kappa shape index (κ3) is 7.63. The zero-order valence-electron chi connectivity index (χ0n) is 5.32. The Kier molecular flexibility index (Phi) is 5.52. The van der Waals surface area contributed by atoms with Gasteiger partial charge in [-0.1, -0.05) is 0 Å². The lowest BCUT2D eigenvalue weighted by atomic mass is 10.1. The Bertz CT molecular complexity index is 69.3. The first-order valence-electron chi connectivity index (χ1n) is 2.74. The van der Waals surface area contributed by atoms with E-state index in [0.717, 1.165) is 0 Å². The number of rotatable bonds is 5. The van der Waals surface area contributed by atoms with Gasteiger partial charge in [-0.3, -0.25) is 0 Å². The molecule has 2 heteroatoms. The second kappa shape index (κ2) is 5.76. The van der Waals surface area contributed by atoms with Crippen LogP contribution in [0.4, 0.5) is 0 Å². The van der Waals surface area contributed by atoms with E-state index >= 15 is 0 Å². The van der Waals surface area contributed by atoms with Gasteiger partial charge in [-0.25, -0.2) is 0 Å². The molecule has 0 aromatic carbocycles. The maximum Gasteiger partial charge on any atom is 0.124 e. The molecule has 0 amide bonds. The van der Waals surface area contributed by atoms with Crippen LogP contribution in [0.2, 0.25) is 0 Å². The molecule has 0 heterocycles. The summed E-state index contributed by atoms with van der Waals surface area (Å²) in [7, 11) is 0. The van der Waals surface area contributed by atoms with Crippen molar-refractivity contribution in [3.05, 3.63) is 25.7 Å². The zero-order chi connectivity index (χ0) is 7.11. The van der Waals surface area contributed by atoms with Crippen LogP contribution >= 0.6 is 0 Å². The van der Waals surface area contributed by atoms with E-state index in [1.165, 1.54) is 6.42 Å². The van der Waals surface area contributed by atoms with Gasteiger partial charge in [0.25, 0.3) is 0 Å². The van der Waals surface area contributed by atoms with Crippen LogP contribution in [0, 0.1) is 25.7 Å². The van der Waals surface area contributed by atoms with Gasteiger partial charge in [0.2, 0.25) is 0 Å². The van der Waals surface area contributed by atoms with Gasteiger partial charge >= 0.3 is 0 Å². The van der Waals surface area contributed by atoms with Crippen LogP contribution in [-0.2, 0) is 4.79 Å². The fraction of sp³-hybridized carbons (Fsp3) is 0.286. The normalized spacial score (nSPS) is 13.1. The number of aldehydes is 1. The summed E-state index contributed by atoms with van der Waals surface area (Å²) in [4.78, 5) is 9.67. The van der Waals surface area contributed by atoms with E-state index in [0.29, 0.717) is 6.29 Å². The fourth-order valence-corrected chi connectivity index (χ4v) is 0.334. The Hall–Kier alpha value is -0.370. The van der Waals surface area contributed by atoms with Crippen molar-refractivity contribution in [1.82, 2.24) is 0 Å². The zero-order valence-corrected chi connectivity index (χ0v) is 5.32. The van der Waals surface area contributed by atoms with Crippen LogP contribution in [0.1, 0.15) is 6.92 Å². The number of unbranched alkanes of at least 4 members (excludes halogenated alkanes) is 2. The molecule has 4 radical (unpaired) electrons. The molecular formula is C7H10O2. The van der Waals surface area contributed by atoms with Crippen molar-refractivity contribution in [3.8, 4) is 0 Å². The Morgan fingerprint density at radius 3 is 2.44 bits per heavy atom. The van der Waals surface area contributed by atoms with Crippen LogP contribution in [0.5, 0.6) is 0 Å². The fourth-order valence-electron chi connectivity index (χ4n) is 0.334. The monoisotopic (exact) mass is 126 g/mol. The van der Waals surface area contributed by atoms with Gasteiger partial charge in [-0.15, -0.1) is 0 Å². The van der Waals surface area contributed by atoms with Gasteiger partial charge in [0.15, 0.2) is 0 Å². The number of aliphatic hydroxyl groups excluding tert-OH is 1. The van der Waals surface area contributed by atoms with Crippen molar-refractivity contribution in [1.29, 1.82) is 0 Å². The van der Waals surface area contributed by atoms with E-state index in [9.17, 15) is 4.79 Å². The minimum Gasteiger partial charge on any atom is -0.393 e. The van der Waals surface area contributed by atoms with Crippen LogP contribution in [0.25, 0.3) is 0 Å². The first kappa shape index (κ1) is 8.63. The SMILES string of the molecule is C[C@@H](O)[CH][CH][CH][CH]C=O. The number of carbonyl (C=O) groups is 1. The third-order valence-corrected chi connectivity index (χ3v) is 0.690. The molecule has 0 aliphatic heterocycles. The lowest BCUT2D eigenvalue weighted by molar-refractivity contribution is -0.105. The molecule has 0 aliphatic rings. The molecule has 50 valence electrons. The summed E-state index contributed by atoms with van der Waals surface area (Å²) in [6.45, 7) is 1.64. The van der Waals surface area contributed by atoms with E-state index < -0.39 is 6.10 Å². The lowest BCUT2D eigenvalue weighted by Crippen LogP contribution is -2.00. The average molecular weight is 126 g/mol. The molecule has 0 saturated heterocycles. The number of carbonyl (C=O) groups excluding carboxylic acids is 1. The van der Waals surface area contributed by atoms with Crippen molar-refractivity contribution < 1.29 is 9.90 Å². The van der Waals surface area contributed by atoms with Crippen LogP contribution in [0.3, 0.4) is 0 Å². The van der Waals surface area contributed by atoms with Crippen molar-refractivity contribution in [2.24, 2.45) is 0 Å². The van der Waals surface area contributed by atoms with Crippen LogP contribution < -0.4 is 0 Å². The molecule has 0 aliphatic carbocycles. The minimum absolute atomic E-state index is 0.443. The molecule has 1 N–H and O–H groups in total. The van der Waals surface area contributed by atoms with Gasteiger partial charge in [-0.05, 0) is 26.2 Å².